The molecule has 1 aliphatic carbocycles. The van der Waals surface area contributed by atoms with E-state index in [1.807, 2.05) is 6.07 Å². The van der Waals surface area contributed by atoms with E-state index < -0.39 is 5.41 Å². The van der Waals surface area contributed by atoms with E-state index in [-0.39, 0.29) is 0 Å². The Kier molecular flexibility index (Phi) is 2.60. The third-order valence-corrected chi connectivity index (χ3v) is 3.71. The summed E-state index contributed by atoms with van der Waals surface area (Å²) < 4.78 is 0. The van der Waals surface area contributed by atoms with Crippen molar-refractivity contribution in [1.29, 1.82) is 5.26 Å². The standard InChI is InChI=1S/C16H15N3/c1-11-3-4-13(12(2)9-11)14-5-8-18-15(19-14)16(10-17)6-7-16/h3-5,8-9H,6-7H2,1-2H3. The Labute approximate surface area is 113 Å². The summed E-state index contributed by atoms with van der Waals surface area (Å²) in [6.45, 7) is 4.17. The molecule has 0 radical (unpaired) electrons. The van der Waals surface area contributed by atoms with Gasteiger partial charge >= 0.3 is 0 Å². The first-order valence-corrected chi connectivity index (χ1v) is 6.47. The van der Waals surface area contributed by atoms with E-state index >= 15 is 0 Å². The molecule has 2 aromatic rings. The van der Waals surface area contributed by atoms with Gasteiger partial charge in [0.1, 0.15) is 11.2 Å². The molecule has 0 N–H and O–H groups in total. The third-order valence-electron chi connectivity index (χ3n) is 3.71. The van der Waals surface area contributed by atoms with Gasteiger partial charge in [0, 0.05) is 11.8 Å². The zero-order valence-corrected chi connectivity index (χ0v) is 11.1. The molecule has 0 aliphatic heterocycles. The van der Waals surface area contributed by atoms with Gasteiger partial charge in [-0.15, -0.1) is 0 Å². The van der Waals surface area contributed by atoms with Crippen molar-refractivity contribution in [2.24, 2.45) is 0 Å². The van der Waals surface area contributed by atoms with Gasteiger partial charge in [0.25, 0.3) is 0 Å². The first-order valence-electron chi connectivity index (χ1n) is 6.47. The summed E-state index contributed by atoms with van der Waals surface area (Å²) in [5.41, 5.74) is 4.04. The molecule has 1 fully saturated rings. The molecule has 3 rings (SSSR count). The van der Waals surface area contributed by atoms with Gasteiger partial charge in [-0.25, -0.2) is 9.97 Å². The fourth-order valence-corrected chi connectivity index (χ4v) is 2.35. The van der Waals surface area contributed by atoms with Crippen LogP contribution in [0.2, 0.25) is 0 Å². The monoisotopic (exact) mass is 249 g/mol. The average molecular weight is 249 g/mol. The third kappa shape index (κ3) is 2.00. The Morgan fingerprint density at radius 2 is 2.00 bits per heavy atom. The fourth-order valence-electron chi connectivity index (χ4n) is 2.35. The van der Waals surface area contributed by atoms with Crippen molar-refractivity contribution in [2.75, 3.05) is 0 Å². The van der Waals surface area contributed by atoms with E-state index in [4.69, 9.17) is 0 Å². The van der Waals surface area contributed by atoms with E-state index in [1.54, 1.807) is 6.20 Å². The molecule has 0 unspecified atom stereocenters. The molecule has 19 heavy (non-hydrogen) atoms. The van der Waals surface area contributed by atoms with Gasteiger partial charge in [0.15, 0.2) is 0 Å². The maximum Gasteiger partial charge on any atom is 0.149 e. The second-order valence-electron chi connectivity index (χ2n) is 5.28. The Morgan fingerprint density at radius 3 is 2.63 bits per heavy atom. The molecule has 0 saturated heterocycles. The lowest BCUT2D eigenvalue weighted by atomic mass is 10.0. The Balaban J connectivity index is 2.07. The van der Waals surface area contributed by atoms with Crippen LogP contribution in [-0.4, -0.2) is 9.97 Å². The highest BCUT2D eigenvalue weighted by Crippen LogP contribution is 2.46. The number of aryl methyl sites for hydroxylation is 2. The Bertz CT molecular complexity index is 679. The highest BCUT2D eigenvalue weighted by molar-refractivity contribution is 5.63. The van der Waals surface area contributed by atoms with Crippen molar-refractivity contribution in [3.8, 4) is 17.3 Å². The van der Waals surface area contributed by atoms with Gasteiger partial charge in [-0.2, -0.15) is 5.26 Å². The lowest BCUT2D eigenvalue weighted by Crippen LogP contribution is -2.09. The summed E-state index contributed by atoms with van der Waals surface area (Å²) in [6, 6.07) is 10.6. The molecule has 0 spiro atoms. The summed E-state index contributed by atoms with van der Waals surface area (Å²) in [6.07, 6.45) is 3.51. The van der Waals surface area contributed by atoms with E-state index in [1.165, 1.54) is 11.1 Å². The molecular weight excluding hydrogens is 234 g/mol. The number of hydrogen-bond donors (Lipinski definition) is 0. The van der Waals surface area contributed by atoms with Crippen molar-refractivity contribution >= 4 is 0 Å². The Hall–Kier alpha value is -2.21. The van der Waals surface area contributed by atoms with Crippen LogP contribution in [0, 0.1) is 25.2 Å². The van der Waals surface area contributed by atoms with Gasteiger partial charge in [-0.3, -0.25) is 0 Å². The molecule has 1 aromatic carbocycles. The summed E-state index contributed by atoms with van der Waals surface area (Å²) in [5.74, 6) is 0.674. The van der Waals surface area contributed by atoms with Crippen LogP contribution in [-0.2, 0) is 5.41 Å². The summed E-state index contributed by atoms with van der Waals surface area (Å²) in [7, 11) is 0. The number of aromatic nitrogens is 2. The van der Waals surface area contributed by atoms with Crippen molar-refractivity contribution in [3.63, 3.8) is 0 Å². The molecule has 1 aromatic heterocycles. The molecule has 3 heteroatoms. The normalized spacial score (nSPS) is 15.8. The van der Waals surface area contributed by atoms with Crippen LogP contribution in [0.5, 0.6) is 0 Å². The van der Waals surface area contributed by atoms with Crippen molar-refractivity contribution in [3.05, 3.63) is 47.4 Å². The van der Waals surface area contributed by atoms with Crippen molar-refractivity contribution < 1.29 is 0 Å². The second kappa shape index (κ2) is 4.17. The molecular formula is C16H15N3. The molecule has 0 amide bonds. The molecule has 1 heterocycles. The molecule has 1 saturated carbocycles. The van der Waals surface area contributed by atoms with Crippen LogP contribution in [0.4, 0.5) is 0 Å². The van der Waals surface area contributed by atoms with Crippen LogP contribution in [0.3, 0.4) is 0 Å². The highest BCUT2D eigenvalue weighted by atomic mass is 14.9. The van der Waals surface area contributed by atoms with Gasteiger partial charge < -0.3 is 0 Å². The number of hydrogen-bond acceptors (Lipinski definition) is 3. The largest absolute Gasteiger partial charge is 0.240 e. The number of benzene rings is 1. The zero-order chi connectivity index (χ0) is 13.5. The molecule has 0 atom stereocenters. The number of nitriles is 1. The van der Waals surface area contributed by atoms with E-state index in [2.05, 4.69) is 48.1 Å². The Morgan fingerprint density at radius 1 is 1.21 bits per heavy atom. The van der Waals surface area contributed by atoms with E-state index in [0.717, 1.165) is 24.1 Å². The van der Waals surface area contributed by atoms with Gasteiger partial charge in [0.2, 0.25) is 0 Å². The lowest BCUT2D eigenvalue weighted by molar-refractivity contribution is 0.798. The minimum absolute atomic E-state index is 0.422. The fraction of sp³-hybridized carbons (Fsp3) is 0.312. The van der Waals surface area contributed by atoms with E-state index in [0.29, 0.717) is 5.82 Å². The summed E-state index contributed by atoms with van der Waals surface area (Å²) in [4.78, 5) is 8.89. The quantitative estimate of drug-likeness (QED) is 0.820. The minimum atomic E-state index is -0.422. The van der Waals surface area contributed by atoms with Crippen LogP contribution in [0.25, 0.3) is 11.3 Å². The molecule has 1 aliphatic rings. The van der Waals surface area contributed by atoms with Gasteiger partial charge in [-0.05, 0) is 38.3 Å². The zero-order valence-electron chi connectivity index (χ0n) is 11.1. The van der Waals surface area contributed by atoms with Crippen LogP contribution < -0.4 is 0 Å². The first-order chi connectivity index (χ1) is 9.14. The van der Waals surface area contributed by atoms with Gasteiger partial charge in [0.05, 0.1) is 11.8 Å². The van der Waals surface area contributed by atoms with E-state index in [9.17, 15) is 5.26 Å². The SMILES string of the molecule is Cc1ccc(-c2ccnc(C3(C#N)CC3)n2)c(C)c1. The smallest absolute Gasteiger partial charge is 0.149 e. The first kappa shape index (κ1) is 11.9. The molecule has 94 valence electrons. The maximum absolute atomic E-state index is 9.23. The summed E-state index contributed by atoms with van der Waals surface area (Å²) in [5, 5.41) is 9.23. The number of rotatable bonds is 2. The molecule has 3 nitrogen and oxygen atoms in total. The molecule has 0 bridgehead atoms. The van der Waals surface area contributed by atoms with Gasteiger partial charge in [-0.1, -0.05) is 23.8 Å². The highest BCUT2D eigenvalue weighted by Gasteiger charge is 2.47. The van der Waals surface area contributed by atoms with Crippen LogP contribution in [0.15, 0.2) is 30.5 Å². The predicted octanol–water partition coefficient (Wildman–Crippen LogP) is 3.32. The maximum atomic E-state index is 9.23. The van der Waals surface area contributed by atoms with Crippen LogP contribution >= 0.6 is 0 Å². The topological polar surface area (TPSA) is 49.6 Å². The lowest BCUT2D eigenvalue weighted by Gasteiger charge is -2.09. The number of nitrogens with zero attached hydrogens (tertiary/aromatic N) is 3. The average Bonchev–Trinajstić information content (AvgIpc) is 3.20. The second-order valence-corrected chi connectivity index (χ2v) is 5.28. The van der Waals surface area contributed by atoms with Crippen molar-refractivity contribution in [1.82, 2.24) is 9.97 Å². The van der Waals surface area contributed by atoms with Crippen molar-refractivity contribution in [2.45, 2.75) is 32.1 Å². The minimum Gasteiger partial charge on any atom is -0.240 e. The summed E-state index contributed by atoms with van der Waals surface area (Å²) >= 11 is 0. The van der Waals surface area contributed by atoms with Crippen LogP contribution in [0.1, 0.15) is 29.8 Å². The predicted molar refractivity (Wildman–Crippen MR) is 73.5 cm³/mol.